The van der Waals surface area contributed by atoms with E-state index in [1.807, 2.05) is 42.2 Å². The summed E-state index contributed by atoms with van der Waals surface area (Å²) in [4.78, 5) is 25.1. The van der Waals surface area contributed by atoms with Gasteiger partial charge in [0.25, 0.3) is 0 Å². The summed E-state index contributed by atoms with van der Waals surface area (Å²) in [5, 5.41) is 5.06. The van der Waals surface area contributed by atoms with Crippen molar-refractivity contribution in [1.82, 2.24) is 24.6 Å². The minimum absolute atomic E-state index is 0.0325. The molecular weight excluding hydrogens is 400 g/mol. The Balaban J connectivity index is 1.39. The molecule has 1 aromatic carbocycles. The molecule has 0 N–H and O–H groups in total. The predicted octanol–water partition coefficient (Wildman–Crippen LogP) is 3.05. The standard InChI is InChI=1S/C22H23ClN6O/c1-17-19(21(23)29(26-17)16-18-6-3-2-4-7-18)8-9-20(30)27-12-14-28(15-13-27)22-24-10-5-11-25-22/h2-11H,12-16H2,1H3/b9-8+. The first kappa shape index (κ1) is 20.1. The van der Waals surface area contributed by atoms with Crippen LogP contribution in [0.4, 0.5) is 5.95 Å². The van der Waals surface area contributed by atoms with Crippen molar-refractivity contribution in [2.75, 3.05) is 31.1 Å². The largest absolute Gasteiger partial charge is 0.337 e. The molecule has 3 heterocycles. The van der Waals surface area contributed by atoms with E-state index in [0.29, 0.717) is 43.8 Å². The maximum atomic E-state index is 12.7. The van der Waals surface area contributed by atoms with Gasteiger partial charge in [0.1, 0.15) is 5.15 Å². The summed E-state index contributed by atoms with van der Waals surface area (Å²) in [6.45, 7) is 5.15. The average molecular weight is 423 g/mol. The van der Waals surface area contributed by atoms with Crippen LogP contribution < -0.4 is 4.90 Å². The molecule has 1 aliphatic rings. The van der Waals surface area contributed by atoms with Crippen molar-refractivity contribution in [3.05, 3.63) is 76.8 Å². The second kappa shape index (κ2) is 9.09. The first-order valence-corrected chi connectivity index (χ1v) is 10.3. The lowest BCUT2D eigenvalue weighted by molar-refractivity contribution is -0.126. The van der Waals surface area contributed by atoms with Crippen molar-refractivity contribution in [2.45, 2.75) is 13.5 Å². The van der Waals surface area contributed by atoms with E-state index in [-0.39, 0.29) is 5.91 Å². The number of carbonyl (C=O) groups excluding carboxylic acids is 1. The molecule has 2 aromatic heterocycles. The lowest BCUT2D eigenvalue weighted by Gasteiger charge is -2.34. The Labute approximate surface area is 180 Å². The number of amides is 1. The molecule has 3 aromatic rings. The summed E-state index contributed by atoms with van der Waals surface area (Å²) >= 11 is 6.54. The smallest absolute Gasteiger partial charge is 0.246 e. The third kappa shape index (κ3) is 4.52. The molecule has 4 rings (SSSR count). The highest BCUT2D eigenvalue weighted by atomic mass is 35.5. The Kier molecular flexibility index (Phi) is 6.09. The lowest BCUT2D eigenvalue weighted by atomic mass is 10.2. The minimum Gasteiger partial charge on any atom is -0.337 e. The molecule has 0 spiro atoms. The van der Waals surface area contributed by atoms with E-state index in [1.54, 1.807) is 35.3 Å². The van der Waals surface area contributed by atoms with E-state index < -0.39 is 0 Å². The third-order valence-electron chi connectivity index (χ3n) is 5.10. The second-order valence-corrected chi connectivity index (χ2v) is 7.49. The van der Waals surface area contributed by atoms with Gasteiger partial charge in [0.05, 0.1) is 12.2 Å². The maximum Gasteiger partial charge on any atom is 0.246 e. The average Bonchev–Trinajstić information content (AvgIpc) is 3.05. The number of hydrogen-bond donors (Lipinski definition) is 0. The quantitative estimate of drug-likeness (QED) is 0.591. The highest BCUT2D eigenvalue weighted by Gasteiger charge is 2.21. The first-order chi connectivity index (χ1) is 14.6. The number of aryl methyl sites for hydroxylation is 1. The van der Waals surface area contributed by atoms with Crippen LogP contribution in [0.5, 0.6) is 0 Å². The molecule has 0 atom stereocenters. The molecule has 30 heavy (non-hydrogen) atoms. The van der Waals surface area contributed by atoms with Crippen LogP contribution >= 0.6 is 11.6 Å². The van der Waals surface area contributed by atoms with Crippen molar-refractivity contribution < 1.29 is 4.79 Å². The molecule has 0 unspecified atom stereocenters. The number of piperazine rings is 1. The zero-order valence-corrected chi connectivity index (χ0v) is 17.5. The Morgan fingerprint density at radius 3 is 2.47 bits per heavy atom. The fourth-order valence-electron chi connectivity index (χ4n) is 3.46. The minimum atomic E-state index is -0.0325. The van der Waals surface area contributed by atoms with Gasteiger partial charge in [0, 0.05) is 50.2 Å². The van der Waals surface area contributed by atoms with Gasteiger partial charge in [-0.15, -0.1) is 0 Å². The Hall–Kier alpha value is -3.19. The van der Waals surface area contributed by atoms with Crippen molar-refractivity contribution >= 4 is 29.5 Å². The summed E-state index contributed by atoms with van der Waals surface area (Å²) in [7, 11) is 0. The first-order valence-electron chi connectivity index (χ1n) is 9.87. The predicted molar refractivity (Wildman–Crippen MR) is 117 cm³/mol. The van der Waals surface area contributed by atoms with E-state index in [9.17, 15) is 4.79 Å². The van der Waals surface area contributed by atoms with Crippen molar-refractivity contribution in [2.24, 2.45) is 0 Å². The van der Waals surface area contributed by atoms with E-state index >= 15 is 0 Å². The molecule has 1 amide bonds. The molecule has 1 aliphatic heterocycles. The van der Waals surface area contributed by atoms with Gasteiger partial charge >= 0.3 is 0 Å². The molecule has 154 valence electrons. The Morgan fingerprint density at radius 1 is 1.07 bits per heavy atom. The second-order valence-electron chi connectivity index (χ2n) is 7.13. The Morgan fingerprint density at radius 2 is 1.77 bits per heavy atom. The van der Waals surface area contributed by atoms with Crippen LogP contribution in [0.1, 0.15) is 16.8 Å². The number of anilines is 1. The molecule has 1 saturated heterocycles. The molecule has 0 saturated carbocycles. The van der Waals surface area contributed by atoms with Crippen LogP contribution in [-0.2, 0) is 11.3 Å². The Bertz CT molecular complexity index is 1030. The van der Waals surface area contributed by atoms with Crippen LogP contribution in [0.2, 0.25) is 5.15 Å². The van der Waals surface area contributed by atoms with Crippen molar-refractivity contribution in [1.29, 1.82) is 0 Å². The number of nitrogens with zero attached hydrogens (tertiary/aromatic N) is 6. The monoisotopic (exact) mass is 422 g/mol. The highest BCUT2D eigenvalue weighted by Crippen LogP contribution is 2.22. The van der Waals surface area contributed by atoms with Crippen LogP contribution in [0.25, 0.3) is 6.08 Å². The number of rotatable bonds is 5. The van der Waals surface area contributed by atoms with Crippen molar-refractivity contribution in [3.63, 3.8) is 0 Å². The number of carbonyl (C=O) groups is 1. The topological polar surface area (TPSA) is 67.2 Å². The van der Waals surface area contributed by atoms with Crippen LogP contribution in [0.3, 0.4) is 0 Å². The molecule has 7 nitrogen and oxygen atoms in total. The van der Waals surface area contributed by atoms with Crippen molar-refractivity contribution in [3.8, 4) is 0 Å². The third-order valence-corrected chi connectivity index (χ3v) is 5.50. The van der Waals surface area contributed by atoms with Crippen LogP contribution in [0.15, 0.2) is 54.9 Å². The summed E-state index contributed by atoms with van der Waals surface area (Å²) in [5.41, 5.74) is 2.69. The van der Waals surface area contributed by atoms with Crippen LogP contribution in [-0.4, -0.2) is 56.7 Å². The van der Waals surface area contributed by atoms with Gasteiger partial charge in [-0.25, -0.2) is 14.6 Å². The van der Waals surface area contributed by atoms with E-state index in [0.717, 1.165) is 16.8 Å². The molecule has 0 aliphatic carbocycles. The lowest BCUT2D eigenvalue weighted by Crippen LogP contribution is -2.48. The number of benzene rings is 1. The highest BCUT2D eigenvalue weighted by molar-refractivity contribution is 6.31. The van der Waals surface area contributed by atoms with Gasteiger partial charge in [-0.05, 0) is 24.6 Å². The molecule has 8 heteroatoms. The zero-order valence-electron chi connectivity index (χ0n) is 16.8. The summed E-state index contributed by atoms with van der Waals surface area (Å²) in [6, 6.07) is 11.8. The van der Waals surface area contributed by atoms with E-state index in [2.05, 4.69) is 20.0 Å². The van der Waals surface area contributed by atoms with E-state index in [1.165, 1.54) is 0 Å². The fraction of sp³-hybridized carbons (Fsp3) is 0.273. The fourth-order valence-corrected chi connectivity index (χ4v) is 3.76. The number of hydrogen-bond acceptors (Lipinski definition) is 5. The van der Waals surface area contributed by atoms with Gasteiger partial charge in [0.2, 0.25) is 11.9 Å². The summed E-state index contributed by atoms with van der Waals surface area (Å²) in [6.07, 6.45) is 6.80. The van der Waals surface area contributed by atoms with E-state index in [4.69, 9.17) is 11.6 Å². The number of aromatic nitrogens is 4. The van der Waals surface area contributed by atoms with Gasteiger partial charge in [-0.3, -0.25) is 4.79 Å². The molecule has 1 fully saturated rings. The van der Waals surface area contributed by atoms with Gasteiger partial charge in [-0.2, -0.15) is 5.10 Å². The molecular formula is C22H23ClN6O. The normalized spacial score (nSPS) is 14.5. The van der Waals surface area contributed by atoms with Gasteiger partial charge in [-0.1, -0.05) is 41.9 Å². The molecule has 0 radical (unpaired) electrons. The zero-order chi connectivity index (χ0) is 20.9. The molecule has 0 bridgehead atoms. The SMILES string of the molecule is Cc1nn(Cc2ccccc2)c(Cl)c1/C=C/C(=O)N1CCN(c2ncccn2)CC1. The summed E-state index contributed by atoms with van der Waals surface area (Å²) < 4.78 is 1.76. The van der Waals surface area contributed by atoms with Gasteiger partial charge in [0.15, 0.2) is 0 Å². The number of halogens is 1. The summed E-state index contributed by atoms with van der Waals surface area (Å²) in [5.74, 6) is 0.670. The maximum absolute atomic E-state index is 12.7. The van der Waals surface area contributed by atoms with Crippen LogP contribution in [0, 0.1) is 6.92 Å². The van der Waals surface area contributed by atoms with Gasteiger partial charge < -0.3 is 9.80 Å².